The molecule has 9 heteroatoms. The smallest absolute Gasteiger partial charge is 0.180 e. The number of ether oxygens (including phenoxy) is 2. The third-order valence-corrected chi connectivity index (χ3v) is 4.43. The molecule has 1 N–H and O–H groups in total. The van der Waals surface area contributed by atoms with Gasteiger partial charge < -0.3 is 14.9 Å². The van der Waals surface area contributed by atoms with E-state index >= 15 is 0 Å². The monoisotopic (exact) mass is 412 g/mol. The van der Waals surface area contributed by atoms with Gasteiger partial charge in [-0.15, -0.1) is 10.2 Å². The largest absolute Gasteiger partial charge is 0.493 e. The minimum Gasteiger partial charge on any atom is -0.493 e. The fraction of sp³-hybridized carbons (Fsp3) is 0.176. The second-order valence-electron chi connectivity index (χ2n) is 5.34. The van der Waals surface area contributed by atoms with E-state index in [-0.39, 0.29) is 6.61 Å². The second kappa shape index (κ2) is 8.49. The van der Waals surface area contributed by atoms with Crippen LogP contribution in [0, 0.1) is 0 Å². The summed E-state index contributed by atoms with van der Waals surface area (Å²) in [5.74, 6) is 0.983. The standard InChI is InChI=1S/C17H15Cl3N4O2/c1-25-16-5-11(7-23-24-9-21-22-10-24)4-15(20)17(16)26-8-12-2-3-13(18)6-14(12)19/h2-6,9-10,23H,7-8H2,1H3. The van der Waals surface area contributed by atoms with E-state index in [1.807, 2.05) is 12.1 Å². The van der Waals surface area contributed by atoms with Gasteiger partial charge in [-0.1, -0.05) is 40.9 Å². The number of hydrogen-bond acceptors (Lipinski definition) is 5. The Labute approximate surface area is 165 Å². The van der Waals surface area contributed by atoms with Crippen molar-refractivity contribution in [3.63, 3.8) is 0 Å². The summed E-state index contributed by atoms with van der Waals surface area (Å²) < 4.78 is 12.9. The number of halogens is 3. The Morgan fingerprint density at radius 1 is 1.04 bits per heavy atom. The molecule has 1 aromatic heterocycles. The van der Waals surface area contributed by atoms with Crippen LogP contribution < -0.4 is 14.9 Å². The maximum absolute atomic E-state index is 6.39. The first-order chi connectivity index (χ1) is 12.6. The van der Waals surface area contributed by atoms with E-state index in [0.717, 1.165) is 11.1 Å². The molecule has 0 unspecified atom stereocenters. The van der Waals surface area contributed by atoms with Gasteiger partial charge in [0.25, 0.3) is 0 Å². The van der Waals surface area contributed by atoms with Crippen molar-refractivity contribution in [1.82, 2.24) is 14.9 Å². The molecule has 3 aromatic rings. The number of hydrogen-bond donors (Lipinski definition) is 1. The van der Waals surface area contributed by atoms with Gasteiger partial charge in [-0.05, 0) is 29.8 Å². The Hall–Kier alpha value is -2.15. The summed E-state index contributed by atoms with van der Waals surface area (Å²) in [6.07, 6.45) is 3.12. The Morgan fingerprint density at radius 3 is 2.50 bits per heavy atom. The minimum atomic E-state index is 0.240. The molecule has 136 valence electrons. The van der Waals surface area contributed by atoms with Crippen LogP contribution in [0.25, 0.3) is 0 Å². The van der Waals surface area contributed by atoms with Gasteiger partial charge in [0, 0.05) is 15.6 Å². The zero-order chi connectivity index (χ0) is 18.5. The first-order valence-corrected chi connectivity index (χ1v) is 8.72. The van der Waals surface area contributed by atoms with Crippen LogP contribution in [-0.4, -0.2) is 22.0 Å². The van der Waals surface area contributed by atoms with Crippen molar-refractivity contribution in [3.05, 3.63) is 69.2 Å². The minimum absolute atomic E-state index is 0.240. The molecule has 0 amide bonds. The summed E-state index contributed by atoms with van der Waals surface area (Å²) in [5, 5.41) is 8.99. The van der Waals surface area contributed by atoms with Gasteiger partial charge in [-0.2, -0.15) is 0 Å². The van der Waals surface area contributed by atoms with Crippen molar-refractivity contribution in [2.75, 3.05) is 12.5 Å². The maximum atomic E-state index is 6.39. The average Bonchev–Trinajstić information content (AvgIpc) is 3.13. The van der Waals surface area contributed by atoms with Crippen LogP contribution in [0.5, 0.6) is 11.5 Å². The number of aromatic nitrogens is 3. The summed E-state index contributed by atoms with van der Waals surface area (Å²) in [6, 6.07) is 8.88. The predicted octanol–water partition coefficient (Wildman–Crippen LogP) is 4.57. The molecular formula is C17H15Cl3N4O2. The van der Waals surface area contributed by atoms with Crippen LogP contribution in [0.15, 0.2) is 43.0 Å². The quantitative estimate of drug-likeness (QED) is 0.615. The first kappa shape index (κ1) is 18.6. The van der Waals surface area contributed by atoms with Gasteiger partial charge >= 0.3 is 0 Å². The third-order valence-electron chi connectivity index (χ3n) is 3.56. The van der Waals surface area contributed by atoms with Crippen molar-refractivity contribution in [3.8, 4) is 11.5 Å². The van der Waals surface area contributed by atoms with E-state index in [4.69, 9.17) is 44.3 Å². The molecule has 0 aliphatic heterocycles. The summed E-state index contributed by atoms with van der Waals surface area (Å²) in [6.45, 7) is 0.752. The van der Waals surface area contributed by atoms with Crippen LogP contribution in [0.4, 0.5) is 0 Å². The normalized spacial score (nSPS) is 10.6. The Morgan fingerprint density at radius 2 is 1.81 bits per heavy atom. The van der Waals surface area contributed by atoms with Crippen molar-refractivity contribution in [1.29, 1.82) is 0 Å². The van der Waals surface area contributed by atoms with E-state index in [0.29, 0.717) is 33.1 Å². The van der Waals surface area contributed by atoms with E-state index in [1.165, 1.54) is 0 Å². The number of methoxy groups -OCH3 is 1. The Balaban J connectivity index is 1.74. The van der Waals surface area contributed by atoms with E-state index in [2.05, 4.69) is 15.6 Å². The third kappa shape index (κ3) is 4.52. The molecule has 0 bridgehead atoms. The lowest BCUT2D eigenvalue weighted by molar-refractivity contribution is 0.284. The molecule has 0 saturated carbocycles. The Bertz CT molecular complexity index is 888. The summed E-state index contributed by atoms with van der Waals surface area (Å²) >= 11 is 18.5. The molecular weight excluding hydrogens is 399 g/mol. The molecule has 1 heterocycles. The van der Waals surface area contributed by atoms with Crippen molar-refractivity contribution in [2.45, 2.75) is 13.2 Å². The summed E-state index contributed by atoms with van der Waals surface area (Å²) in [5.41, 5.74) is 4.83. The van der Waals surface area contributed by atoms with Gasteiger partial charge in [-0.3, -0.25) is 0 Å². The molecule has 0 saturated heterocycles. The first-order valence-electron chi connectivity index (χ1n) is 7.58. The van der Waals surface area contributed by atoms with Crippen molar-refractivity contribution < 1.29 is 9.47 Å². The lowest BCUT2D eigenvalue weighted by Crippen LogP contribution is -2.12. The van der Waals surface area contributed by atoms with Gasteiger partial charge in [0.15, 0.2) is 11.5 Å². The van der Waals surface area contributed by atoms with Gasteiger partial charge in [0.05, 0.1) is 18.7 Å². The highest BCUT2D eigenvalue weighted by Crippen LogP contribution is 2.37. The summed E-state index contributed by atoms with van der Waals surface area (Å²) in [4.78, 5) is 0. The molecule has 0 atom stereocenters. The Kier molecular flexibility index (Phi) is 6.08. The number of benzene rings is 2. The van der Waals surface area contributed by atoms with Crippen LogP contribution in [0.1, 0.15) is 11.1 Å². The zero-order valence-electron chi connectivity index (χ0n) is 13.7. The highest BCUT2D eigenvalue weighted by atomic mass is 35.5. The zero-order valence-corrected chi connectivity index (χ0v) is 16.0. The maximum Gasteiger partial charge on any atom is 0.180 e. The molecule has 0 fully saturated rings. The fourth-order valence-electron chi connectivity index (χ4n) is 2.27. The molecule has 0 radical (unpaired) electrons. The molecule has 0 aliphatic rings. The van der Waals surface area contributed by atoms with Gasteiger partial charge in [0.1, 0.15) is 19.3 Å². The highest BCUT2D eigenvalue weighted by molar-refractivity contribution is 6.35. The van der Waals surface area contributed by atoms with Crippen molar-refractivity contribution in [2.24, 2.45) is 0 Å². The van der Waals surface area contributed by atoms with Crippen LogP contribution >= 0.6 is 34.8 Å². The topological polar surface area (TPSA) is 61.2 Å². The number of rotatable bonds is 7. The molecule has 0 spiro atoms. The molecule has 26 heavy (non-hydrogen) atoms. The molecule has 2 aromatic carbocycles. The molecule has 6 nitrogen and oxygen atoms in total. The van der Waals surface area contributed by atoms with Gasteiger partial charge in [0.2, 0.25) is 0 Å². The van der Waals surface area contributed by atoms with Crippen LogP contribution in [0.2, 0.25) is 15.1 Å². The van der Waals surface area contributed by atoms with Crippen molar-refractivity contribution >= 4 is 34.8 Å². The number of nitrogens with one attached hydrogen (secondary N) is 1. The van der Waals surface area contributed by atoms with Crippen LogP contribution in [-0.2, 0) is 13.2 Å². The molecule has 3 rings (SSSR count). The van der Waals surface area contributed by atoms with E-state index < -0.39 is 0 Å². The SMILES string of the molecule is COc1cc(CNn2cnnc2)cc(Cl)c1OCc1ccc(Cl)cc1Cl. The van der Waals surface area contributed by atoms with E-state index in [1.54, 1.807) is 42.6 Å². The average molecular weight is 414 g/mol. The van der Waals surface area contributed by atoms with Crippen LogP contribution in [0.3, 0.4) is 0 Å². The lowest BCUT2D eigenvalue weighted by Gasteiger charge is -2.15. The second-order valence-corrected chi connectivity index (χ2v) is 6.59. The highest BCUT2D eigenvalue weighted by Gasteiger charge is 2.13. The predicted molar refractivity (Wildman–Crippen MR) is 102 cm³/mol. The lowest BCUT2D eigenvalue weighted by atomic mass is 10.2. The van der Waals surface area contributed by atoms with Gasteiger partial charge in [-0.25, -0.2) is 4.68 Å². The summed E-state index contributed by atoms with van der Waals surface area (Å²) in [7, 11) is 1.56. The number of nitrogens with zero attached hydrogens (tertiary/aromatic N) is 3. The molecule has 0 aliphatic carbocycles. The van der Waals surface area contributed by atoms with E-state index in [9.17, 15) is 0 Å². The fourth-order valence-corrected chi connectivity index (χ4v) is 3.02.